The summed E-state index contributed by atoms with van der Waals surface area (Å²) in [7, 11) is 1.65. The van der Waals surface area contributed by atoms with E-state index in [0.717, 1.165) is 10.6 Å². The molecule has 2 N–H and O–H groups in total. The number of hydrogen-bond acceptors (Lipinski definition) is 4. The van der Waals surface area contributed by atoms with Crippen LogP contribution in [0.3, 0.4) is 0 Å². The number of likely N-dealkylation sites (N-methyl/N-ethyl adjacent to an activating group) is 1. The summed E-state index contributed by atoms with van der Waals surface area (Å²) in [5.74, 6) is -1.40. The van der Waals surface area contributed by atoms with Gasteiger partial charge in [-0.1, -0.05) is 48.5 Å². The van der Waals surface area contributed by atoms with E-state index in [4.69, 9.17) is 0 Å². The zero-order chi connectivity index (χ0) is 21.7. The zero-order valence-corrected chi connectivity index (χ0v) is 17.0. The fourth-order valence-electron chi connectivity index (χ4n) is 3.37. The summed E-state index contributed by atoms with van der Waals surface area (Å²) >= 11 is 0. The van der Waals surface area contributed by atoms with Gasteiger partial charge >= 0.3 is 6.03 Å². The molecule has 0 radical (unpaired) electrons. The normalized spacial score (nSPS) is 18.6. The van der Waals surface area contributed by atoms with Gasteiger partial charge in [0.15, 0.2) is 0 Å². The van der Waals surface area contributed by atoms with E-state index < -0.39 is 23.4 Å². The summed E-state index contributed by atoms with van der Waals surface area (Å²) in [4.78, 5) is 39.0. The molecule has 1 fully saturated rings. The third-order valence-corrected chi connectivity index (χ3v) is 5.07. The molecule has 2 aromatic rings. The van der Waals surface area contributed by atoms with Crippen molar-refractivity contribution in [3.8, 4) is 0 Å². The standard InChI is InChI=1S/C22H25FN4O3/c1-22(13-12-16-8-4-3-5-9-16)20(29)27(21(30)24-22)25-19(28)15-26(2)14-17-10-6-7-11-18(17)23/h3-11H,12-15H2,1-2H3,(H,24,30)(H,25,28)/t22-/m1/s1. The largest absolute Gasteiger partial charge is 0.344 e. The van der Waals surface area contributed by atoms with Gasteiger partial charge in [0.25, 0.3) is 11.8 Å². The number of urea groups is 1. The van der Waals surface area contributed by atoms with Gasteiger partial charge in [0, 0.05) is 12.1 Å². The van der Waals surface area contributed by atoms with Crippen LogP contribution in [-0.4, -0.2) is 46.9 Å². The maximum atomic E-state index is 13.8. The van der Waals surface area contributed by atoms with Crippen LogP contribution in [0.5, 0.6) is 0 Å². The van der Waals surface area contributed by atoms with Crippen molar-refractivity contribution in [2.45, 2.75) is 31.8 Å². The fourth-order valence-corrected chi connectivity index (χ4v) is 3.37. The van der Waals surface area contributed by atoms with Crippen molar-refractivity contribution in [2.24, 2.45) is 0 Å². The number of benzene rings is 2. The second kappa shape index (κ2) is 9.04. The average molecular weight is 412 g/mol. The monoisotopic (exact) mass is 412 g/mol. The van der Waals surface area contributed by atoms with E-state index in [0.29, 0.717) is 18.4 Å². The predicted octanol–water partition coefficient (Wildman–Crippen LogP) is 2.23. The molecule has 0 aliphatic carbocycles. The molecule has 1 heterocycles. The minimum Gasteiger partial charge on any atom is -0.322 e. The lowest BCUT2D eigenvalue weighted by Gasteiger charge is -2.22. The first kappa shape index (κ1) is 21.4. The van der Waals surface area contributed by atoms with Gasteiger partial charge in [0.1, 0.15) is 11.4 Å². The Hall–Kier alpha value is -3.26. The number of carbonyl (C=O) groups is 3. The number of rotatable bonds is 8. The Kier molecular flexibility index (Phi) is 6.47. The molecule has 1 saturated heterocycles. The number of amides is 4. The number of hydrogen-bond donors (Lipinski definition) is 2. The molecule has 1 atom stereocenters. The van der Waals surface area contributed by atoms with Crippen molar-refractivity contribution in [1.82, 2.24) is 20.7 Å². The number of nitrogens with one attached hydrogen (secondary N) is 2. The van der Waals surface area contributed by atoms with E-state index in [2.05, 4.69) is 10.7 Å². The van der Waals surface area contributed by atoms with E-state index in [1.54, 1.807) is 37.1 Å². The van der Waals surface area contributed by atoms with Gasteiger partial charge in [-0.2, -0.15) is 5.01 Å². The number of halogens is 1. The minimum absolute atomic E-state index is 0.105. The molecule has 1 aliphatic heterocycles. The van der Waals surface area contributed by atoms with Gasteiger partial charge in [0.05, 0.1) is 6.54 Å². The first-order valence-electron chi connectivity index (χ1n) is 9.70. The lowest BCUT2D eigenvalue weighted by molar-refractivity contribution is -0.139. The molecule has 0 unspecified atom stereocenters. The summed E-state index contributed by atoms with van der Waals surface area (Å²) < 4.78 is 13.8. The number of hydrazine groups is 1. The van der Waals surface area contributed by atoms with Crippen molar-refractivity contribution in [1.29, 1.82) is 0 Å². The Balaban J connectivity index is 1.55. The van der Waals surface area contributed by atoms with Crippen LogP contribution in [0.4, 0.5) is 9.18 Å². The van der Waals surface area contributed by atoms with Crippen molar-refractivity contribution in [3.05, 3.63) is 71.5 Å². The Bertz CT molecular complexity index is 937. The average Bonchev–Trinajstić information content (AvgIpc) is 2.92. The van der Waals surface area contributed by atoms with E-state index in [9.17, 15) is 18.8 Å². The van der Waals surface area contributed by atoms with Gasteiger partial charge in [-0.05, 0) is 38.4 Å². The highest BCUT2D eigenvalue weighted by atomic mass is 19.1. The van der Waals surface area contributed by atoms with Crippen LogP contribution in [0.2, 0.25) is 0 Å². The van der Waals surface area contributed by atoms with Gasteiger partial charge in [-0.25, -0.2) is 9.18 Å². The van der Waals surface area contributed by atoms with E-state index in [-0.39, 0.29) is 18.9 Å². The molecule has 0 spiro atoms. The minimum atomic E-state index is -1.10. The van der Waals surface area contributed by atoms with Crippen LogP contribution in [0.25, 0.3) is 0 Å². The van der Waals surface area contributed by atoms with Crippen molar-refractivity contribution >= 4 is 17.8 Å². The van der Waals surface area contributed by atoms with Gasteiger partial charge < -0.3 is 5.32 Å². The zero-order valence-electron chi connectivity index (χ0n) is 17.0. The van der Waals surface area contributed by atoms with E-state index in [1.165, 1.54) is 6.07 Å². The Morgan fingerprint density at radius 3 is 2.50 bits per heavy atom. The second-order valence-corrected chi connectivity index (χ2v) is 7.69. The van der Waals surface area contributed by atoms with Crippen LogP contribution in [0.15, 0.2) is 54.6 Å². The first-order valence-corrected chi connectivity index (χ1v) is 9.70. The highest BCUT2D eigenvalue weighted by Gasteiger charge is 2.48. The maximum absolute atomic E-state index is 13.8. The van der Waals surface area contributed by atoms with E-state index >= 15 is 0 Å². The van der Waals surface area contributed by atoms with Crippen LogP contribution >= 0.6 is 0 Å². The van der Waals surface area contributed by atoms with Crippen molar-refractivity contribution < 1.29 is 18.8 Å². The molecular weight excluding hydrogens is 387 g/mol. The molecule has 2 aromatic carbocycles. The van der Waals surface area contributed by atoms with Crippen molar-refractivity contribution in [3.63, 3.8) is 0 Å². The molecule has 7 nitrogen and oxygen atoms in total. The molecule has 0 bridgehead atoms. The van der Waals surface area contributed by atoms with Gasteiger partial charge in [-0.3, -0.25) is 19.9 Å². The molecule has 0 aromatic heterocycles. The summed E-state index contributed by atoms with van der Waals surface area (Å²) in [5.41, 5.74) is 2.77. The topological polar surface area (TPSA) is 81.8 Å². The number of nitrogens with zero attached hydrogens (tertiary/aromatic N) is 2. The summed E-state index contributed by atoms with van der Waals surface area (Å²) in [6, 6.07) is 15.3. The van der Waals surface area contributed by atoms with Crippen LogP contribution < -0.4 is 10.7 Å². The van der Waals surface area contributed by atoms with Crippen LogP contribution in [0.1, 0.15) is 24.5 Å². The Labute approximate surface area is 174 Å². The van der Waals surface area contributed by atoms with Crippen molar-refractivity contribution in [2.75, 3.05) is 13.6 Å². The van der Waals surface area contributed by atoms with Gasteiger partial charge in [0.2, 0.25) is 0 Å². The molecular formula is C22H25FN4O3. The number of aryl methyl sites for hydroxylation is 1. The fraction of sp³-hybridized carbons (Fsp3) is 0.318. The molecule has 0 saturated carbocycles. The summed E-state index contributed by atoms with van der Waals surface area (Å²) in [6.07, 6.45) is 1.01. The Morgan fingerprint density at radius 2 is 1.80 bits per heavy atom. The first-order chi connectivity index (χ1) is 14.3. The molecule has 158 valence electrons. The number of imide groups is 1. The molecule has 1 aliphatic rings. The number of carbonyl (C=O) groups excluding carboxylic acids is 3. The van der Waals surface area contributed by atoms with Crippen LogP contribution in [-0.2, 0) is 22.6 Å². The molecule has 8 heteroatoms. The summed E-state index contributed by atoms with van der Waals surface area (Å²) in [5, 5.41) is 3.39. The predicted molar refractivity (Wildman–Crippen MR) is 109 cm³/mol. The smallest absolute Gasteiger partial charge is 0.322 e. The second-order valence-electron chi connectivity index (χ2n) is 7.69. The lowest BCUT2D eigenvalue weighted by atomic mass is 9.93. The lowest BCUT2D eigenvalue weighted by Crippen LogP contribution is -2.51. The third kappa shape index (κ3) is 5.01. The van der Waals surface area contributed by atoms with Gasteiger partial charge in [-0.15, -0.1) is 0 Å². The quantitative estimate of drug-likeness (QED) is 0.652. The molecule has 3 rings (SSSR count). The molecule has 30 heavy (non-hydrogen) atoms. The summed E-state index contributed by atoms with van der Waals surface area (Å²) in [6.45, 7) is 1.76. The maximum Gasteiger partial charge on any atom is 0.344 e. The Morgan fingerprint density at radius 1 is 1.13 bits per heavy atom. The third-order valence-electron chi connectivity index (χ3n) is 5.07. The SMILES string of the molecule is CN(CC(=O)NN1C(=O)N[C@](C)(CCc2ccccc2)C1=O)Cc1ccccc1F. The molecule has 4 amide bonds. The highest BCUT2D eigenvalue weighted by molar-refractivity contribution is 6.07. The van der Waals surface area contributed by atoms with E-state index in [1.807, 2.05) is 30.3 Å². The van der Waals surface area contributed by atoms with Crippen LogP contribution in [0, 0.1) is 5.82 Å². The highest BCUT2D eigenvalue weighted by Crippen LogP contribution is 2.22.